The van der Waals surface area contributed by atoms with E-state index < -0.39 is 0 Å². The molecule has 3 N–H and O–H groups in total. The van der Waals surface area contributed by atoms with Crippen molar-refractivity contribution in [1.29, 1.82) is 0 Å². The van der Waals surface area contributed by atoms with Gasteiger partial charge in [-0.1, -0.05) is 0 Å². The standard InChI is InChI=1S/C11H20N4O/c1-8(16)9-3-5-15(6-4-9)11-10(12)7-14(2)13-11/h7-9,16H,3-6,12H2,1-2H3. The van der Waals surface area contributed by atoms with Crippen LogP contribution in [0.15, 0.2) is 6.20 Å². The molecule has 1 fully saturated rings. The van der Waals surface area contributed by atoms with Gasteiger partial charge in [-0.25, -0.2) is 0 Å². The Bertz CT molecular complexity index is 353. The molecule has 0 aromatic carbocycles. The molecule has 90 valence electrons. The van der Waals surface area contributed by atoms with Crippen molar-refractivity contribution in [3.05, 3.63) is 6.20 Å². The molecule has 2 rings (SSSR count). The van der Waals surface area contributed by atoms with E-state index in [2.05, 4.69) is 10.00 Å². The highest BCUT2D eigenvalue weighted by atomic mass is 16.3. The molecule has 2 heterocycles. The minimum absolute atomic E-state index is 0.205. The van der Waals surface area contributed by atoms with Crippen molar-refractivity contribution in [2.24, 2.45) is 13.0 Å². The summed E-state index contributed by atoms with van der Waals surface area (Å²) in [7, 11) is 1.88. The Balaban J connectivity index is 2.01. The smallest absolute Gasteiger partial charge is 0.173 e. The van der Waals surface area contributed by atoms with E-state index >= 15 is 0 Å². The molecule has 1 aliphatic heterocycles. The third-order valence-corrected chi connectivity index (χ3v) is 3.36. The number of anilines is 2. The van der Waals surface area contributed by atoms with Gasteiger partial charge in [0.05, 0.1) is 11.8 Å². The lowest BCUT2D eigenvalue weighted by Gasteiger charge is -2.33. The number of aliphatic hydroxyl groups excluding tert-OH is 1. The Hall–Kier alpha value is -1.23. The molecule has 1 atom stereocenters. The number of aryl methyl sites for hydroxylation is 1. The van der Waals surface area contributed by atoms with E-state index in [0.717, 1.165) is 37.4 Å². The monoisotopic (exact) mass is 224 g/mol. The first-order valence-corrected chi connectivity index (χ1v) is 5.80. The molecule has 0 aliphatic carbocycles. The van der Waals surface area contributed by atoms with Crippen LogP contribution in [-0.4, -0.2) is 34.1 Å². The van der Waals surface area contributed by atoms with Gasteiger partial charge in [-0.05, 0) is 25.7 Å². The molecule has 0 spiro atoms. The Morgan fingerprint density at radius 3 is 2.56 bits per heavy atom. The summed E-state index contributed by atoms with van der Waals surface area (Å²) in [5.74, 6) is 1.30. The maximum Gasteiger partial charge on any atom is 0.173 e. The molecule has 0 amide bonds. The van der Waals surface area contributed by atoms with Crippen LogP contribution in [-0.2, 0) is 7.05 Å². The quantitative estimate of drug-likeness (QED) is 0.772. The van der Waals surface area contributed by atoms with Crippen LogP contribution in [0.4, 0.5) is 11.5 Å². The molecule has 5 nitrogen and oxygen atoms in total. The Morgan fingerprint density at radius 1 is 1.50 bits per heavy atom. The average Bonchev–Trinajstić information content (AvgIpc) is 2.58. The zero-order chi connectivity index (χ0) is 11.7. The second kappa shape index (κ2) is 4.33. The first-order valence-electron chi connectivity index (χ1n) is 5.80. The number of hydrogen-bond acceptors (Lipinski definition) is 4. The fourth-order valence-electron chi connectivity index (χ4n) is 2.33. The molecule has 1 unspecified atom stereocenters. The van der Waals surface area contributed by atoms with E-state index in [1.165, 1.54) is 0 Å². The topological polar surface area (TPSA) is 67.3 Å². The number of aliphatic hydroxyl groups is 1. The first kappa shape index (κ1) is 11.3. The van der Waals surface area contributed by atoms with Crippen molar-refractivity contribution in [3.8, 4) is 0 Å². The molecule has 1 aromatic heterocycles. The number of nitrogens with two attached hydrogens (primary N) is 1. The number of nitrogens with zero attached hydrogens (tertiary/aromatic N) is 3. The fourth-order valence-corrected chi connectivity index (χ4v) is 2.33. The highest BCUT2D eigenvalue weighted by Gasteiger charge is 2.24. The van der Waals surface area contributed by atoms with E-state index in [1.54, 1.807) is 4.68 Å². The summed E-state index contributed by atoms with van der Waals surface area (Å²) in [6.45, 7) is 3.73. The summed E-state index contributed by atoms with van der Waals surface area (Å²) < 4.78 is 1.74. The summed E-state index contributed by atoms with van der Waals surface area (Å²) in [4.78, 5) is 2.20. The molecular formula is C11H20N4O. The highest BCUT2D eigenvalue weighted by Crippen LogP contribution is 2.27. The van der Waals surface area contributed by atoms with Crippen LogP contribution in [0.1, 0.15) is 19.8 Å². The maximum atomic E-state index is 9.53. The molecule has 0 bridgehead atoms. The number of aromatic nitrogens is 2. The van der Waals surface area contributed by atoms with Crippen molar-refractivity contribution in [2.75, 3.05) is 23.7 Å². The van der Waals surface area contributed by atoms with Crippen LogP contribution in [0.25, 0.3) is 0 Å². The van der Waals surface area contributed by atoms with Crippen LogP contribution < -0.4 is 10.6 Å². The summed E-state index contributed by atoms with van der Waals surface area (Å²) in [5.41, 5.74) is 6.63. The number of rotatable bonds is 2. The van der Waals surface area contributed by atoms with Gasteiger partial charge in [0.1, 0.15) is 0 Å². The molecule has 0 saturated carbocycles. The van der Waals surface area contributed by atoms with Gasteiger partial charge in [0.25, 0.3) is 0 Å². The Kier molecular flexibility index (Phi) is 3.05. The molecule has 1 saturated heterocycles. The average molecular weight is 224 g/mol. The van der Waals surface area contributed by atoms with Gasteiger partial charge in [0.15, 0.2) is 5.82 Å². The summed E-state index contributed by atoms with van der Waals surface area (Å²) in [6.07, 6.45) is 3.64. The van der Waals surface area contributed by atoms with Gasteiger partial charge in [0.2, 0.25) is 0 Å². The summed E-state index contributed by atoms with van der Waals surface area (Å²) in [5, 5.41) is 13.9. The lowest BCUT2D eigenvalue weighted by atomic mass is 9.92. The van der Waals surface area contributed by atoms with Gasteiger partial charge >= 0.3 is 0 Å². The van der Waals surface area contributed by atoms with Crippen LogP contribution in [0, 0.1) is 5.92 Å². The highest BCUT2D eigenvalue weighted by molar-refractivity contribution is 5.61. The van der Waals surface area contributed by atoms with Crippen LogP contribution in [0.5, 0.6) is 0 Å². The normalized spacial score (nSPS) is 20.1. The van der Waals surface area contributed by atoms with Crippen molar-refractivity contribution in [3.63, 3.8) is 0 Å². The molecule has 1 aromatic rings. The minimum Gasteiger partial charge on any atom is -0.394 e. The van der Waals surface area contributed by atoms with Gasteiger partial charge < -0.3 is 15.7 Å². The van der Waals surface area contributed by atoms with Crippen molar-refractivity contribution >= 4 is 11.5 Å². The third-order valence-electron chi connectivity index (χ3n) is 3.36. The van der Waals surface area contributed by atoms with Crippen molar-refractivity contribution < 1.29 is 5.11 Å². The third kappa shape index (κ3) is 2.14. The molecule has 5 heteroatoms. The van der Waals surface area contributed by atoms with Crippen LogP contribution >= 0.6 is 0 Å². The zero-order valence-corrected chi connectivity index (χ0v) is 9.93. The Morgan fingerprint density at radius 2 is 2.12 bits per heavy atom. The van der Waals surface area contributed by atoms with Crippen molar-refractivity contribution in [1.82, 2.24) is 9.78 Å². The first-order chi connectivity index (χ1) is 7.58. The van der Waals surface area contributed by atoms with Crippen molar-refractivity contribution in [2.45, 2.75) is 25.9 Å². The van der Waals surface area contributed by atoms with E-state index in [1.807, 2.05) is 20.2 Å². The lowest BCUT2D eigenvalue weighted by molar-refractivity contribution is 0.110. The maximum absolute atomic E-state index is 9.53. The largest absolute Gasteiger partial charge is 0.394 e. The number of hydrogen-bond donors (Lipinski definition) is 2. The van der Waals surface area contributed by atoms with Crippen LogP contribution in [0.2, 0.25) is 0 Å². The predicted octanol–water partition coefficient (Wildman–Crippen LogP) is 0.599. The molecular weight excluding hydrogens is 204 g/mol. The van der Waals surface area contributed by atoms with E-state index in [-0.39, 0.29) is 6.10 Å². The van der Waals surface area contributed by atoms with Crippen LogP contribution in [0.3, 0.4) is 0 Å². The second-order valence-corrected chi connectivity index (χ2v) is 4.65. The van der Waals surface area contributed by atoms with E-state index in [0.29, 0.717) is 5.92 Å². The second-order valence-electron chi connectivity index (χ2n) is 4.65. The number of piperidine rings is 1. The lowest BCUT2D eigenvalue weighted by Crippen LogP contribution is -2.37. The molecule has 1 aliphatic rings. The number of nitrogen functional groups attached to an aromatic ring is 1. The van der Waals surface area contributed by atoms with E-state index in [9.17, 15) is 5.11 Å². The summed E-state index contributed by atoms with van der Waals surface area (Å²) >= 11 is 0. The molecule has 16 heavy (non-hydrogen) atoms. The minimum atomic E-state index is -0.205. The van der Waals surface area contributed by atoms with Gasteiger partial charge in [-0.3, -0.25) is 4.68 Å². The molecule has 0 radical (unpaired) electrons. The van der Waals surface area contributed by atoms with Gasteiger partial charge in [0, 0.05) is 26.3 Å². The van der Waals surface area contributed by atoms with Gasteiger partial charge in [-0.15, -0.1) is 0 Å². The predicted molar refractivity (Wildman–Crippen MR) is 64.2 cm³/mol. The Labute approximate surface area is 95.8 Å². The zero-order valence-electron chi connectivity index (χ0n) is 9.93. The van der Waals surface area contributed by atoms with E-state index in [4.69, 9.17) is 5.73 Å². The van der Waals surface area contributed by atoms with Gasteiger partial charge in [-0.2, -0.15) is 5.10 Å². The summed E-state index contributed by atoms with van der Waals surface area (Å²) in [6, 6.07) is 0. The SMILES string of the molecule is CC(O)C1CCN(c2nn(C)cc2N)CC1. The fraction of sp³-hybridized carbons (Fsp3) is 0.727.